The standard InChI is InChI=1S/C25H31BrClN5O2/c1-2-24-28-32(25(33)31(24)16-17-34-22-10-4-3-5-11-22)13-7-12-29-14-15-30(19-23(29)26)21-9-6-8-20(27)18-21/h3-6,8-11,18,23H,2,7,12-17,19H2,1H3. The van der Waals surface area contributed by atoms with Crippen LogP contribution in [0.2, 0.25) is 5.02 Å². The molecule has 2 heterocycles. The normalized spacial score (nSPS) is 16.7. The van der Waals surface area contributed by atoms with Gasteiger partial charge in [-0.25, -0.2) is 9.48 Å². The minimum absolute atomic E-state index is 0.0605. The van der Waals surface area contributed by atoms with Crippen molar-refractivity contribution in [2.24, 2.45) is 0 Å². The van der Waals surface area contributed by atoms with Crippen molar-refractivity contribution in [2.45, 2.75) is 37.8 Å². The van der Waals surface area contributed by atoms with E-state index in [2.05, 4.69) is 36.9 Å². The number of aryl methyl sites for hydroxylation is 2. The molecule has 0 amide bonds. The summed E-state index contributed by atoms with van der Waals surface area (Å²) in [7, 11) is 0. The number of ether oxygens (including phenoxy) is 1. The first-order valence-corrected chi connectivity index (χ1v) is 13.1. The smallest absolute Gasteiger partial charge is 0.346 e. The zero-order chi connectivity index (χ0) is 23.9. The van der Waals surface area contributed by atoms with E-state index in [4.69, 9.17) is 16.3 Å². The second-order valence-corrected chi connectivity index (χ2v) is 9.83. The van der Waals surface area contributed by atoms with Crippen molar-refractivity contribution < 1.29 is 4.74 Å². The first-order valence-electron chi connectivity index (χ1n) is 11.8. The van der Waals surface area contributed by atoms with E-state index in [1.54, 1.807) is 9.25 Å². The molecule has 9 heteroatoms. The fourth-order valence-corrected chi connectivity index (χ4v) is 5.19. The first-order chi connectivity index (χ1) is 16.5. The zero-order valence-corrected chi connectivity index (χ0v) is 21.8. The van der Waals surface area contributed by atoms with Gasteiger partial charge in [0.05, 0.1) is 11.5 Å². The van der Waals surface area contributed by atoms with Crippen LogP contribution in [0.1, 0.15) is 19.2 Å². The van der Waals surface area contributed by atoms with Crippen LogP contribution in [0, 0.1) is 0 Å². The predicted octanol–water partition coefficient (Wildman–Crippen LogP) is 4.27. The Labute approximate surface area is 214 Å². The Morgan fingerprint density at radius 3 is 2.65 bits per heavy atom. The van der Waals surface area contributed by atoms with Crippen LogP contribution in [-0.4, -0.2) is 57.0 Å². The topological polar surface area (TPSA) is 55.5 Å². The molecule has 2 aromatic carbocycles. The number of benzene rings is 2. The summed E-state index contributed by atoms with van der Waals surface area (Å²) >= 11 is 9.99. The number of rotatable bonds is 10. The summed E-state index contributed by atoms with van der Waals surface area (Å²) in [5.41, 5.74) is 1.09. The van der Waals surface area contributed by atoms with E-state index in [0.717, 1.165) is 54.9 Å². The highest BCUT2D eigenvalue weighted by atomic mass is 79.9. The Morgan fingerprint density at radius 2 is 1.91 bits per heavy atom. The van der Waals surface area contributed by atoms with Crippen LogP contribution < -0.4 is 15.3 Å². The molecule has 0 spiro atoms. The molecule has 0 saturated carbocycles. The van der Waals surface area contributed by atoms with Gasteiger partial charge in [0, 0.05) is 49.9 Å². The largest absolute Gasteiger partial charge is 0.492 e. The van der Waals surface area contributed by atoms with Crippen molar-refractivity contribution in [1.29, 1.82) is 0 Å². The summed E-state index contributed by atoms with van der Waals surface area (Å²) in [5, 5.41) is 5.33. The summed E-state index contributed by atoms with van der Waals surface area (Å²) < 4.78 is 9.11. The Kier molecular flexibility index (Phi) is 8.69. The van der Waals surface area contributed by atoms with E-state index in [0.29, 0.717) is 26.1 Å². The number of alkyl halides is 1. The molecule has 0 N–H and O–H groups in total. The number of nitrogens with zero attached hydrogens (tertiary/aromatic N) is 5. The van der Waals surface area contributed by atoms with E-state index in [1.807, 2.05) is 55.5 Å². The lowest BCUT2D eigenvalue weighted by Crippen LogP contribution is -2.51. The summed E-state index contributed by atoms with van der Waals surface area (Å²) in [5.74, 6) is 1.61. The predicted molar refractivity (Wildman–Crippen MR) is 140 cm³/mol. The van der Waals surface area contributed by atoms with Crippen molar-refractivity contribution in [1.82, 2.24) is 19.2 Å². The van der Waals surface area contributed by atoms with E-state index in [1.165, 1.54) is 0 Å². The minimum Gasteiger partial charge on any atom is -0.492 e. The third-order valence-corrected chi connectivity index (χ3v) is 7.16. The summed E-state index contributed by atoms with van der Waals surface area (Å²) in [6.45, 7) is 7.23. The van der Waals surface area contributed by atoms with Gasteiger partial charge < -0.3 is 9.64 Å². The van der Waals surface area contributed by atoms with Crippen molar-refractivity contribution in [2.75, 3.05) is 37.7 Å². The fraction of sp³-hybridized carbons (Fsp3) is 0.440. The van der Waals surface area contributed by atoms with E-state index >= 15 is 0 Å². The molecule has 182 valence electrons. The lowest BCUT2D eigenvalue weighted by molar-refractivity contribution is 0.231. The average Bonchev–Trinajstić information content (AvgIpc) is 3.15. The molecule has 3 aromatic rings. The SMILES string of the molecule is CCc1nn(CCCN2CCN(c3cccc(Cl)c3)CC2Br)c(=O)n1CCOc1ccccc1. The number of piperazine rings is 1. The van der Waals surface area contributed by atoms with Crippen LogP contribution in [-0.2, 0) is 19.5 Å². The monoisotopic (exact) mass is 547 g/mol. The molecule has 0 bridgehead atoms. The lowest BCUT2D eigenvalue weighted by Gasteiger charge is -2.40. The molecule has 1 aliphatic heterocycles. The number of aromatic nitrogens is 3. The van der Waals surface area contributed by atoms with Gasteiger partial charge in [-0.05, 0) is 36.8 Å². The van der Waals surface area contributed by atoms with Gasteiger partial charge in [0.1, 0.15) is 18.2 Å². The van der Waals surface area contributed by atoms with Gasteiger partial charge in [-0.15, -0.1) is 0 Å². The van der Waals surface area contributed by atoms with E-state index in [9.17, 15) is 4.79 Å². The fourth-order valence-electron chi connectivity index (χ4n) is 4.25. The summed E-state index contributed by atoms with van der Waals surface area (Å²) in [4.78, 5) is 17.9. The van der Waals surface area contributed by atoms with Gasteiger partial charge >= 0.3 is 5.69 Å². The molecule has 4 rings (SSSR count). The molecule has 0 aliphatic carbocycles. The highest BCUT2D eigenvalue weighted by Gasteiger charge is 2.25. The molecule has 7 nitrogen and oxygen atoms in total. The van der Waals surface area contributed by atoms with Gasteiger partial charge in [0.2, 0.25) is 0 Å². The Hall–Kier alpha value is -2.29. The number of para-hydroxylation sites is 1. The second-order valence-electron chi connectivity index (χ2n) is 8.34. The third kappa shape index (κ3) is 6.23. The van der Waals surface area contributed by atoms with Gasteiger partial charge in [0.25, 0.3) is 0 Å². The number of hydrogen-bond donors (Lipinski definition) is 0. The van der Waals surface area contributed by atoms with Gasteiger partial charge in [-0.2, -0.15) is 5.10 Å². The van der Waals surface area contributed by atoms with Crippen LogP contribution in [0.15, 0.2) is 59.4 Å². The molecule has 1 saturated heterocycles. The highest BCUT2D eigenvalue weighted by Crippen LogP contribution is 2.24. The van der Waals surface area contributed by atoms with Crippen molar-refractivity contribution in [3.63, 3.8) is 0 Å². The molecule has 1 atom stereocenters. The van der Waals surface area contributed by atoms with Crippen molar-refractivity contribution >= 4 is 33.2 Å². The number of anilines is 1. The zero-order valence-electron chi connectivity index (χ0n) is 19.4. The summed E-state index contributed by atoms with van der Waals surface area (Å²) in [6.07, 6.45) is 1.57. The molecule has 1 aliphatic rings. The number of hydrogen-bond acceptors (Lipinski definition) is 5. The molecule has 1 aromatic heterocycles. The van der Waals surface area contributed by atoms with Gasteiger partial charge in [-0.3, -0.25) is 9.47 Å². The molecular weight excluding hydrogens is 518 g/mol. The van der Waals surface area contributed by atoms with E-state index < -0.39 is 0 Å². The first kappa shape index (κ1) is 24.8. The average molecular weight is 549 g/mol. The number of halogens is 2. The van der Waals surface area contributed by atoms with E-state index in [-0.39, 0.29) is 10.6 Å². The van der Waals surface area contributed by atoms with Gasteiger partial charge in [0.15, 0.2) is 0 Å². The Morgan fingerprint density at radius 1 is 1.09 bits per heavy atom. The maximum absolute atomic E-state index is 12.9. The molecule has 0 radical (unpaired) electrons. The van der Waals surface area contributed by atoms with Crippen LogP contribution in [0.25, 0.3) is 0 Å². The maximum atomic E-state index is 12.9. The van der Waals surface area contributed by atoms with Crippen molar-refractivity contribution in [3.8, 4) is 5.75 Å². The molecule has 1 unspecified atom stereocenters. The minimum atomic E-state index is -0.0605. The lowest BCUT2D eigenvalue weighted by atomic mass is 10.2. The summed E-state index contributed by atoms with van der Waals surface area (Å²) in [6, 6.07) is 17.7. The van der Waals surface area contributed by atoms with Crippen LogP contribution >= 0.6 is 27.5 Å². The second kappa shape index (κ2) is 11.9. The molecule has 1 fully saturated rings. The Bertz CT molecular complexity index is 1120. The van der Waals surface area contributed by atoms with Crippen LogP contribution in [0.5, 0.6) is 5.75 Å². The van der Waals surface area contributed by atoms with Crippen LogP contribution in [0.3, 0.4) is 0 Å². The van der Waals surface area contributed by atoms with Crippen molar-refractivity contribution in [3.05, 3.63) is 75.9 Å². The van der Waals surface area contributed by atoms with Gasteiger partial charge in [-0.1, -0.05) is 58.7 Å². The molecule has 34 heavy (non-hydrogen) atoms. The third-order valence-electron chi connectivity index (χ3n) is 6.06. The van der Waals surface area contributed by atoms with Crippen LogP contribution in [0.4, 0.5) is 5.69 Å². The Balaban J connectivity index is 1.28. The highest BCUT2D eigenvalue weighted by molar-refractivity contribution is 9.09. The maximum Gasteiger partial charge on any atom is 0.346 e. The quantitative estimate of drug-likeness (QED) is 0.280. The molecular formula is C25H31BrClN5O2.